The molecule has 2 fully saturated rings. The van der Waals surface area contributed by atoms with E-state index >= 15 is 4.79 Å². The normalized spacial score (nSPS) is 26.2. The minimum atomic E-state index is -1.72. The molecule has 0 aromatic heterocycles. The molecule has 0 bridgehead atoms. The standard InChI is InChI=1S/C73H115N13O14/c1-19-46(10)62-69(96)79-56(73(100)86-33-27-22-28-34-86)40-58(88)81(14)48(12)70(97)85(18)61(45(8)9)68(95)76-53(38-50-29-23-20-24-30-50)65(92)77-54(36-43(4)5)71(98)82(15)47(11)63(90)80-60(49(13)87)67(94)78-55(39-51-31-25-21-26-32-51)72(99)83(16)57(37-44(6)7)66(93)75-52(35-42(2)3)64(91)74-41-59(89)84(62)17/h20-21,23-26,29-32,42-49,52-57,60-62,87H,19,22,27-28,33-41H2,1-18H3,(H,74,91)(H,75,93)(H,76,95)(H,77,92)(H,78,94)(H,79,96)(H,80,90)/t46-,47-,48+,49+,52-,53-,54-,55-,56-,57-,60-,61-,62-/m0/s1. The van der Waals surface area contributed by atoms with Crippen LogP contribution in [0.4, 0.5) is 0 Å². The Balaban J connectivity index is 1.89. The first-order chi connectivity index (χ1) is 46.9. The summed E-state index contributed by atoms with van der Waals surface area (Å²) in [6.45, 7) is 22.1. The molecule has 27 nitrogen and oxygen atoms in total. The van der Waals surface area contributed by atoms with Gasteiger partial charge in [-0.1, -0.05) is 136 Å². The number of likely N-dealkylation sites (tertiary alicyclic amines) is 1. The summed E-state index contributed by atoms with van der Waals surface area (Å²) in [5.74, 6) is -11.6. The number of likely N-dealkylation sites (N-methyl/N-ethyl adjacent to an activating group) is 5. The summed E-state index contributed by atoms with van der Waals surface area (Å²) in [5, 5.41) is 30.4. The fourth-order valence-electron chi connectivity index (χ4n) is 12.6. The molecule has 2 heterocycles. The van der Waals surface area contributed by atoms with Crippen LogP contribution >= 0.6 is 0 Å². The number of amides is 13. The molecule has 27 heteroatoms. The maximum atomic E-state index is 15.0. The molecule has 2 aromatic rings. The van der Waals surface area contributed by atoms with Crippen molar-refractivity contribution in [2.75, 3.05) is 54.9 Å². The molecule has 0 saturated carbocycles. The first kappa shape index (κ1) is 83.9. The summed E-state index contributed by atoms with van der Waals surface area (Å²) in [6, 6.07) is 2.55. The van der Waals surface area contributed by atoms with Gasteiger partial charge in [0.15, 0.2) is 0 Å². The number of benzene rings is 2. The van der Waals surface area contributed by atoms with E-state index in [1.54, 1.807) is 93.3 Å². The third kappa shape index (κ3) is 24.1. The fourth-order valence-corrected chi connectivity index (χ4v) is 12.6. The molecular weight excluding hydrogens is 1280 g/mol. The van der Waals surface area contributed by atoms with Crippen molar-refractivity contribution in [1.82, 2.24) is 66.6 Å². The van der Waals surface area contributed by atoms with E-state index in [9.17, 15) is 62.6 Å². The summed E-state index contributed by atoms with van der Waals surface area (Å²) < 4.78 is 0. The van der Waals surface area contributed by atoms with Gasteiger partial charge in [-0.05, 0) is 100 Å². The minimum absolute atomic E-state index is 0.0548. The molecule has 13 amide bonds. The van der Waals surface area contributed by atoms with Gasteiger partial charge in [0.25, 0.3) is 0 Å². The van der Waals surface area contributed by atoms with E-state index in [0.29, 0.717) is 43.5 Å². The Morgan fingerprint density at radius 3 is 1.48 bits per heavy atom. The molecule has 2 saturated heterocycles. The summed E-state index contributed by atoms with van der Waals surface area (Å²) in [6.07, 6.45) is 0.398. The molecule has 13 atom stereocenters. The number of piperidine rings is 1. The predicted molar refractivity (Wildman–Crippen MR) is 378 cm³/mol. The van der Waals surface area contributed by atoms with Crippen LogP contribution < -0.4 is 37.2 Å². The van der Waals surface area contributed by atoms with Crippen LogP contribution in [0.25, 0.3) is 0 Å². The van der Waals surface area contributed by atoms with Crippen LogP contribution in [0.15, 0.2) is 60.7 Å². The van der Waals surface area contributed by atoms with Crippen LogP contribution in [-0.2, 0) is 75.2 Å². The van der Waals surface area contributed by atoms with Gasteiger partial charge in [0.2, 0.25) is 76.8 Å². The number of carbonyl (C=O) groups is 13. The second kappa shape index (κ2) is 39.5. The van der Waals surface area contributed by atoms with E-state index in [-0.39, 0.29) is 49.9 Å². The lowest BCUT2D eigenvalue weighted by Crippen LogP contribution is -2.62. The number of carbonyl (C=O) groups excluding carboxylic acids is 13. The maximum absolute atomic E-state index is 15.0. The van der Waals surface area contributed by atoms with Crippen molar-refractivity contribution >= 4 is 76.8 Å². The van der Waals surface area contributed by atoms with E-state index in [0.717, 1.165) is 21.1 Å². The molecule has 2 aliphatic heterocycles. The second-order valence-electron chi connectivity index (χ2n) is 28.9. The lowest BCUT2D eigenvalue weighted by atomic mass is 9.96. The Kier molecular flexibility index (Phi) is 33.1. The highest BCUT2D eigenvalue weighted by Crippen LogP contribution is 2.22. The zero-order valence-electron chi connectivity index (χ0n) is 62.2. The van der Waals surface area contributed by atoms with Gasteiger partial charge in [0.1, 0.15) is 66.5 Å². The van der Waals surface area contributed by atoms with Crippen molar-refractivity contribution in [2.24, 2.45) is 29.6 Å². The molecule has 100 heavy (non-hydrogen) atoms. The van der Waals surface area contributed by atoms with E-state index in [1.165, 1.54) is 65.8 Å². The van der Waals surface area contributed by atoms with Crippen LogP contribution in [-0.4, -0.2) is 239 Å². The number of hydrogen-bond acceptors (Lipinski definition) is 14. The number of aliphatic hydroxyl groups excluding tert-OH is 1. The number of nitrogens with zero attached hydrogens (tertiary/aromatic N) is 6. The number of aliphatic hydroxyl groups is 1. The largest absolute Gasteiger partial charge is 0.391 e. The van der Waals surface area contributed by atoms with Gasteiger partial charge in [-0.25, -0.2) is 0 Å². The Morgan fingerprint density at radius 1 is 0.470 bits per heavy atom. The molecule has 2 aromatic carbocycles. The van der Waals surface area contributed by atoms with Crippen LogP contribution in [0.1, 0.15) is 153 Å². The zero-order chi connectivity index (χ0) is 75.2. The predicted octanol–water partition coefficient (Wildman–Crippen LogP) is 2.31. The fraction of sp³-hybridized carbons (Fsp3) is 0.658. The smallest absolute Gasteiger partial charge is 0.245 e. The molecule has 2 aliphatic rings. The molecular formula is C73H115N13O14. The first-order valence-electron chi connectivity index (χ1n) is 35.4. The monoisotopic (exact) mass is 1400 g/mol. The number of rotatable bonds is 15. The van der Waals surface area contributed by atoms with Crippen LogP contribution in [0.3, 0.4) is 0 Å². The third-order valence-corrected chi connectivity index (χ3v) is 19.0. The van der Waals surface area contributed by atoms with Gasteiger partial charge in [-0.15, -0.1) is 0 Å². The van der Waals surface area contributed by atoms with Gasteiger partial charge in [0, 0.05) is 61.2 Å². The Hall–Kier alpha value is -8.49. The average molecular weight is 1400 g/mol. The van der Waals surface area contributed by atoms with Crippen LogP contribution in [0, 0.1) is 29.6 Å². The summed E-state index contributed by atoms with van der Waals surface area (Å²) in [7, 11) is 6.85. The molecule has 0 unspecified atom stereocenters. The highest BCUT2D eigenvalue weighted by molar-refractivity contribution is 6.00. The third-order valence-electron chi connectivity index (χ3n) is 19.0. The quantitative estimate of drug-likeness (QED) is 0.127. The SMILES string of the molecule is CC[C@H](C)[C@H]1C(=O)N[C@H](C(=O)N2CCCCC2)CC(=O)N(C)[C@H](C)C(=O)N(C)[C@@H](C(C)C)C(=O)N[C@@H](Cc2ccccc2)C(=O)N[C@@H](CC(C)C)C(=O)N(C)[C@@H](C)C(=O)N[C@@H]([C@@H](C)O)C(=O)N[C@@H](Cc2ccccc2)C(=O)N(C)[C@@H](CC(C)C)C(=O)N[C@@H](CC(C)C)C(=O)NCC(=O)N1C. The lowest BCUT2D eigenvalue weighted by Gasteiger charge is -2.36. The lowest BCUT2D eigenvalue weighted by molar-refractivity contribution is -0.149. The van der Waals surface area contributed by atoms with Gasteiger partial charge >= 0.3 is 0 Å². The molecule has 0 radical (unpaired) electrons. The van der Waals surface area contributed by atoms with Gasteiger partial charge < -0.3 is 71.7 Å². The highest BCUT2D eigenvalue weighted by Gasteiger charge is 2.43. The minimum Gasteiger partial charge on any atom is -0.391 e. The Bertz CT molecular complexity index is 3130. The van der Waals surface area contributed by atoms with E-state index < -0.39 is 174 Å². The number of nitrogens with one attached hydrogen (secondary N) is 7. The molecule has 556 valence electrons. The van der Waals surface area contributed by atoms with Crippen LogP contribution in [0.2, 0.25) is 0 Å². The van der Waals surface area contributed by atoms with E-state index in [1.807, 2.05) is 41.5 Å². The van der Waals surface area contributed by atoms with Gasteiger partial charge in [-0.3, -0.25) is 62.3 Å². The van der Waals surface area contributed by atoms with Crippen molar-refractivity contribution in [3.8, 4) is 0 Å². The van der Waals surface area contributed by atoms with E-state index in [4.69, 9.17) is 0 Å². The highest BCUT2D eigenvalue weighted by atomic mass is 16.3. The summed E-state index contributed by atoms with van der Waals surface area (Å²) in [5.41, 5.74) is 1.22. The topological polar surface area (TPSA) is 346 Å². The van der Waals surface area contributed by atoms with Gasteiger partial charge in [0.05, 0.1) is 19.1 Å². The van der Waals surface area contributed by atoms with Gasteiger partial charge in [-0.2, -0.15) is 0 Å². The van der Waals surface area contributed by atoms with Crippen molar-refractivity contribution in [3.05, 3.63) is 71.8 Å². The average Bonchev–Trinajstić information content (AvgIpc) is 0.831. The molecule has 0 aliphatic carbocycles. The van der Waals surface area contributed by atoms with Crippen molar-refractivity contribution in [1.29, 1.82) is 0 Å². The molecule has 4 rings (SSSR count). The maximum Gasteiger partial charge on any atom is 0.245 e. The summed E-state index contributed by atoms with van der Waals surface area (Å²) >= 11 is 0. The van der Waals surface area contributed by atoms with Crippen molar-refractivity contribution < 1.29 is 67.4 Å². The Labute approximate surface area is 591 Å². The molecule has 8 N–H and O–H groups in total. The summed E-state index contributed by atoms with van der Waals surface area (Å²) in [4.78, 5) is 198. The Morgan fingerprint density at radius 2 is 0.960 bits per heavy atom. The van der Waals surface area contributed by atoms with E-state index in [2.05, 4.69) is 37.2 Å². The van der Waals surface area contributed by atoms with Crippen LogP contribution in [0.5, 0.6) is 0 Å². The number of hydrogen-bond donors (Lipinski definition) is 8. The molecule has 0 spiro atoms. The van der Waals surface area contributed by atoms with Crippen molar-refractivity contribution in [3.63, 3.8) is 0 Å². The second-order valence-corrected chi connectivity index (χ2v) is 28.9. The first-order valence-corrected chi connectivity index (χ1v) is 35.4. The van der Waals surface area contributed by atoms with Crippen molar-refractivity contribution in [2.45, 2.75) is 227 Å². The zero-order valence-corrected chi connectivity index (χ0v) is 62.2.